The lowest BCUT2D eigenvalue weighted by molar-refractivity contribution is -0.121. The lowest BCUT2D eigenvalue weighted by Crippen LogP contribution is -2.32. The van der Waals surface area contributed by atoms with Crippen LogP contribution >= 0.6 is 0 Å². The van der Waals surface area contributed by atoms with Crippen LogP contribution in [-0.2, 0) is 4.79 Å². The van der Waals surface area contributed by atoms with Crippen molar-refractivity contribution in [2.45, 2.75) is 32.7 Å². The number of benzene rings is 1. The van der Waals surface area contributed by atoms with Crippen molar-refractivity contribution in [1.29, 1.82) is 5.26 Å². The third-order valence-corrected chi connectivity index (χ3v) is 2.79. The van der Waals surface area contributed by atoms with Crippen molar-refractivity contribution in [3.05, 3.63) is 29.6 Å². The maximum absolute atomic E-state index is 13.3. The Labute approximate surface area is 112 Å². The first kappa shape index (κ1) is 15.0. The van der Waals surface area contributed by atoms with Crippen LogP contribution in [0.5, 0.6) is 0 Å². The SMILES string of the molecule is CCC(C)NC(=O)CCNc1ccc(C#N)c(F)c1. The molecule has 102 valence electrons. The molecule has 1 rings (SSSR count). The van der Waals surface area contributed by atoms with Gasteiger partial charge in [-0.1, -0.05) is 6.92 Å². The highest BCUT2D eigenvalue weighted by molar-refractivity contribution is 5.76. The summed E-state index contributed by atoms with van der Waals surface area (Å²) in [6.45, 7) is 4.37. The van der Waals surface area contributed by atoms with Gasteiger partial charge in [-0.05, 0) is 31.5 Å². The molecule has 0 bridgehead atoms. The fourth-order valence-corrected chi connectivity index (χ4v) is 1.49. The Morgan fingerprint density at radius 2 is 2.26 bits per heavy atom. The molecule has 0 saturated heterocycles. The van der Waals surface area contributed by atoms with Gasteiger partial charge in [-0.15, -0.1) is 0 Å². The second-order valence-corrected chi connectivity index (χ2v) is 4.36. The summed E-state index contributed by atoms with van der Waals surface area (Å²) in [6.07, 6.45) is 1.21. The first-order valence-corrected chi connectivity index (χ1v) is 6.29. The van der Waals surface area contributed by atoms with Crippen molar-refractivity contribution in [3.8, 4) is 6.07 Å². The zero-order valence-corrected chi connectivity index (χ0v) is 11.2. The molecule has 2 N–H and O–H groups in total. The lowest BCUT2D eigenvalue weighted by atomic mass is 10.2. The van der Waals surface area contributed by atoms with E-state index < -0.39 is 5.82 Å². The number of nitrogens with zero attached hydrogens (tertiary/aromatic N) is 1. The highest BCUT2D eigenvalue weighted by Gasteiger charge is 2.06. The maximum atomic E-state index is 13.3. The molecule has 1 aromatic carbocycles. The number of hydrogen-bond donors (Lipinski definition) is 2. The van der Waals surface area contributed by atoms with E-state index in [9.17, 15) is 9.18 Å². The molecule has 1 unspecified atom stereocenters. The van der Waals surface area contributed by atoms with Crippen molar-refractivity contribution >= 4 is 11.6 Å². The van der Waals surface area contributed by atoms with Crippen molar-refractivity contribution in [3.63, 3.8) is 0 Å². The number of halogens is 1. The summed E-state index contributed by atoms with van der Waals surface area (Å²) < 4.78 is 13.3. The van der Waals surface area contributed by atoms with Gasteiger partial charge in [0.25, 0.3) is 0 Å². The van der Waals surface area contributed by atoms with Gasteiger partial charge in [0.05, 0.1) is 5.56 Å². The van der Waals surface area contributed by atoms with Crippen LogP contribution in [0.25, 0.3) is 0 Å². The van der Waals surface area contributed by atoms with Gasteiger partial charge in [-0.3, -0.25) is 4.79 Å². The molecule has 1 atom stereocenters. The van der Waals surface area contributed by atoms with Gasteiger partial charge >= 0.3 is 0 Å². The summed E-state index contributed by atoms with van der Waals surface area (Å²) in [6, 6.07) is 6.21. The Morgan fingerprint density at radius 3 is 2.84 bits per heavy atom. The standard InChI is InChI=1S/C14H18FN3O/c1-3-10(2)18-14(19)6-7-17-12-5-4-11(9-16)13(15)8-12/h4-5,8,10,17H,3,6-7H2,1-2H3,(H,18,19). The zero-order chi connectivity index (χ0) is 14.3. The van der Waals surface area contributed by atoms with Crippen molar-refractivity contribution in [2.75, 3.05) is 11.9 Å². The van der Waals surface area contributed by atoms with Crippen LogP contribution in [0.2, 0.25) is 0 Å². The van der Waals surface area contributed by atoms with E-state index in [1.165, 1.54) is 12.1 Å². The molecule has 1 aromatic rings. The first-order chi connectivity index (χ1) is 9.06. The predicted octanol–water partition coefficient (Wildman–Crippen LogP) is 2.41. The molecule has 0 aliphatic heterocycles. The zero-order valence-electron chi connectivity index (χ0n) is 11.2. The van der Waals surface area contributed by atoms with E-state index in [-0.39, 0.29) is 17.5 Å². The molecule has 0 saturated carbocycles. The van der Waals surface area contributed by atoms with Crippen molar-refractivity contribution in [1.82, 2.24) is 5.32 Å². The van der Waals surface area contributed by atoms with Crippen LogP contribution in [0.4, 0.5) is 10.1 Å². The molecule has 4 nitrogen and oxygen atoms in total. The third kappa shape index (κ3) is 4.96. The number of hydrogen-bond acceptors (Lipinski definition) is 3. The minimum absolute atomic E-state index is 0.0139. The Morgan fingerprint density at radius 1 is 1.53 bits per heavy atom. The first-order valence-electron chi connectivity index (χ1n) is 6.29. The molecule has 0 aliphatic carbocycles. The normalized spacial score (nSPS) is 11.5. The molecule has 5 heteroatoms. The van der Waals surface area contributed by atoms with Crippen LogP contribution in [0.3, 0.4) is 0 Å². The molecule has 0 radical (unpaired) electrons. The highest BCUT2D eigenvalue weighted by Crippen LogP contribution is 2.13. The second-order valence-electron chi connectivity index (χ2n) is 4.36. The highest BCUT2D eigenvalue weighted by atomic mass is 19.1. The van der Waals surface area contributed by atoms with Gasteiger partial charge in [0.15, 0.2) is 0 Å². The van der Waals surface area contributed by atoms with E-state index in [1.807, 2.05) is 13.8 Å². The maximum Gasteiger partial charge on any atom is 0.221 e. The second kappa shape index (κ2) is 7.37. The fourth-order valence-electron chi connectivity index (χ4n) is 1.49. The molecule has 0 fully saturated rings. The Kier molecular flexibility index (Phi) is 5.80. The number of nitriles is 1. The number of carbonyl (C=O) groups excluding carboxylic acids is 1. The van der Waals surface area contributed by atoms with E-state index in [4.69, 9.17) is 5.26 Å². The topological polar surface area (TPSA) is 64.9 Å². The summed E-state index contributed by atoms with van der Waals surface area (Å²) in [7, 11) is 0. The average Bonchev–Trinajstić information content (AvgIpc) is 2.38. The molecule has 0 aromatic heterocycles. The van der Waals surface area contributed by atoms with Gasteiger partial charge in [0.2, 0.25) is 5.91 Å². The van der Waals surface area contributed by atoms with E-state index in [0.717, 1.165) is 6.42 Å². The number of carbonyl (C=O) groups is 1. The van der Waals surface area contributed by atoms with Crippen LogP contribution in [-0.4, -0.2) is 18.5 Å². The van der Waals surface area contributed by atoms with Crippen LogP contribution in [0.15, 0.2) is 18.2 Å². The Bertz CT molecular complexity index is 482. The van der Waals surface area contributed by atoms with Crippen molar-refractivity contribution in [2.24, 2.45) is 0 Å². The van der Waals surface area contributed by atoms with E-state index >= 15 is 0 Å². The summed E-state index contributed by atoms with van der Waals surface area (Å²) in [5.74, 6) is -0.590. The van der Waals surface area contributed by atoms with E-state index in [1.54, 1.807) is 12.1 Å². The van der Waals surface area contributed by atoms with Gasteiger partial charge in [-0.2, -0.15) is 5.26 Å². The van der Waals surface area contributed by atoms with Crippen LogP contribution in [0.1, 0.15) is 32.3 Å². The van der Waals surface area contributed by atoms with E-state index in [2.05, 4.69) is 10.6 Å². The summed E-state index contributed by atoms with van der Waals surface area (Å²) >= 11 is 0. The van der Waals surface area contributed by atoms with Gasteiger partial charge in [0, 0.05) is 24.7 Å². The van der Waals surface area contributed by atoms with Crippen LogP contribution < -0.4 is 10.6 Å². The molecular formula is C14H18FN3O. The minimum atomic E-state index is -0.559. The molecule has 19 heavy (non-hydrogen) atoms. The van der Waals surface area contributed by atoms with Crippen molar-refractivity contribution < 1.29 is 9.18 Å². The van der Waals surface area contributed by atoms with Gasteiger partial charge in [0.1, 0.15) is 11.9 Å². The molecule has 1 amide bonds. The van der Waals surface area contributed by atoms with Gasteiger partial charge in [-0.25, -0.2) is 4.39 Å². The molecular weight excluding hydrogens is 245 g/mol. The Balaban J connectivity index is 2.39. The van der Waals surface area contributed by atoms with Gasteiger partial charge < -0.3 is 10.6 Å². The number of nitrogens with one attached hydrogen (secondary N) is 2. The summed E-state index contributed by atoms with van der Waals surface area (Å²) in [5, 5.41) is 14.4. The van der Waals surface area contributed by atoms with Crippen LogP contribution in [0, 0.1) is 17.1 Å². The average molecular weight is 263 g/mol. The molecule has 0 aliphatic rings. The number of rotatable bonds is 6. The monoisotopic (exact) mass is 263 g/mol. The minimum Gasteiger partial charge on any atom is -0.384 e. The lowest BCUT2D eigenvalue weighted by Gasteiger charge is -2.12. The number of anilines is 1. The fraction of sp³-hybridized carbons (Fsp3) is 0.429. The molecule has 0 heterocycles. The predicted molar refractivity (Wildman–Crippen MR) is 72.1 cm³/mol. The summed E-state index contributed by atoms with van der Waals surface area (Å²) in [4.78, 5) is 11.5. The third-order valence-electron chi connectivity index (χ3n) is 2.79. The summed E-state index contributed by atoms with van der Waals surface area (Å²) in [5.41, 5.74) is 0.577. The Hall–Kier alpha value is -2.09. The quantitative estimate of drug-likeness (QED) is 0.828. The smallest absolute Gasteiger partial charge is 0.221 e. The van der Waals surface area contributed by atoms with E-state index in [0.29, 0.717) is 18.7 Å². The molecule has 0 spiro atoms. The number of amides is 1. The largest absolute Gasteiger partial charge is 0.384 e.